The van der Waals surface area contributed by atoms with Crippen LogP contribution in [0.2, 0.25) is 0 Å². The summed E-state index contributed by atoms with van der Waals surface area (Å²) in [7, 11) is 1.64. The van der Waals surface area contributed by atoms with E-state index in [1.807, 2.05) is 4.57 Å². The molecule has 19 heavy (non-hydrogen) atoms. The lowest BCUT2D eigenvalue weighted by Gasteiger charge is -2.10. The number of imidazole rings is 1. The molecule has 1 heterocycles. The summed E-state index contributed by atoms with van der Waals surface area (Å²) in [5.41, 5.74) is 0. The molecular weight excluding hydrogens is 259 g/mol. The van der Waals surface area contributed by atoms with Gasteiger partial charge in [0.25, 0.3) is 0 Å². The fourth-order valence-corrected chi connectivity index (χ4v) is 1.68. The molecule has 0 atom stereocenters. The first kappa shape index (κ1) is 15.8. The summed E-state index contributed by atoms with van der Waals surface area (Å²) in [4.78, 5) is 4.13. The van der Waals surface area contributed by atoms with Gasteiger partial charge in [0, 0.05) is 45.6 Å². The Morgan fingerprint density at radius 1 is 1.32 bits per heavy atom. The third-order valence-electron chi connectivity index (χ3n) is 2.63. The van der Waals surface area contributed by atoms with Crippen LogP contribution in [0.1, 0.15) is 25.7 Å². The Morgan fingerprint density at radius 3 is 2.79 bits per heavy atom. The SMILES string of the molecule is COCCCNc1nccn1CCCCC(F)(F)F. The van der Waals surface area contributed by atoms with E-state index in [4.69, 9.17) is 4.74 Å². The van der Waals surface area contributed by atoms with Gasteiger partial charge in [0.05, 0.1) is 0 Å². The molecule has 7 heteroatoms. The van der Waals surface area contributed by atoms with Gasteiger partial charge >= 0.3 is 6.18 Å². The molecule has 0 amide bonds. The second kappa shape index (κ2) is 8.04. The molecule has 0 spiro atoms. The summed E-state index contributed by atoms with van der Waals surface area (Å²) in [6.07, 6.45) is 0.119. The lowest BCUT2D eigenvalue weighted by molar-refractivity contribution is -0.135. The second-order valence-corrected chi connectivity index (χ2v) is 4.29. The van der Waals surface area contributed by atoms with Gasteiger partial charge in [-0.05, 0) is 19.3 Å². The fourth-order valence-electron chi connectivity index (χ4n) is 1.68. The molecule has 0 aliphatic carbocycles. The number of aromatic nitrogens is 2. The number of alkyl halides is 3. The van der Waals surface area contributed by atoms with Crippen LogP contribution >= 0.6 is 0 Å². The molecule has 0 aromatic carbocycles. The Kier molecular flexibility index (Phi) is 6.69. The van der Waals surface area contributed by atoms with E-state index < -0.39 is 12.6 Å². The normalized spacial score (nSPS) is 11.8. The second-order valence-electron chi connectivity index (χ2n) is 4.29. The van der Waals surface area contributed by atoms with Crippen molar-refractivity contribution in [1.29, 1.82) is 0 Å². The largest absolute Gasteiger partial charge is 0.389 e. The van der Waals surface area contributed by atoms with Crippen molar-refractivity contribution < 1.29 is 17.9 Å². The molecule has 1 rings (SSSR count). The van der Waals surface area contributed by atoms with Gasteiger partial charge in [-0.25, -0.2) is 4.98 Å². The zero-order chi connectivity index (χ0) is 14.1. The maximum atomic E-state index is 12.0. The molecule has 1 N–H and O–H groups in total. The first-order valence-electron chi connectivity index (χ1n) is 6.33. The summed E-state index contributed by atoms with van der Waals surface area (Å²) < 4.78 is 42.8. The molecule has 110 valence electrons. The third kappa shape index (κ3) is 7.05. The number of hydrogen-bond donors (Lipinski definition) is 1. The van der Waals surface area contributed by atoms with Gasteiger partial charge in [-0.3, -0.25) is 0 Å². The van der Waals surface area contributed by atoms with Gasteiger partial charge in [0.15, 0.2) is 0 Å². The number of nitrogens with one attached hydrogen (secondary N) is 1. The Morgan fingerprint density at radius 2 is 2.11 bits per heavy atom. The van der Waals surface area contributed by atoms with Gasteiger partial charge in [-0.1, -0.05) is 0 Å². The third-order valence-corrected chi connectivity index (χ3v) is 2.63. The number of unbranched alkanes of at least 4 members (excludes halogenated alkanes) is 1. The topological polar surface area (TPSA) is 39.1 Å². The van der Waals surface area contributed by atoms with Gasteiger partial charge < -0.3 is 14.6 Å². The number of rotatable bonds is 9. The smallest absolute Gasteiger partial charge is 0.385 e. The van der Waals surface area contributed by atoms with Crippen LogP contribution in [-0.2, 0) is 11.3 Å². The average Bonchev–Trinajstić information content (AvgIpc) is 2.77. The summed E-state index contributed by atoms with van der Waals surface area (Å²) in [6.45, 7) is 1.94. The van der Waals surface area contributed by atoms with Crippen LogP contribution in [0, 0.1) is 0 Å². The maximum Gasteiger partial charge on any atom is 0.389 e. The predicted molar refractivity (Wildman–Crippen MR) is 67.1 cm³/mol. The van der Waals surface area contributed by atoms with Crippen molar-refractivity contribution in [3.8, 4) is 0 Å². The summed E-state index contributed by atoms with van der Waals surface area (Å²) in [6, 6.07) is 0. The van der Waals surface area contributed by atoms with E-state index in [0.29, 0.717) is 25.5 Å². The van der Waals surface area contributed by atoms with Crippen LogP contribution in [0.5, 0.6) is 0 Å². The average molecular weight is 279 g/mol. The molecule has 1 aromatic heterocycles. The van der Waals surface area contributed by atoms with Crippen molar-refractivity contribution in [2.75, 3.05) is 25.6 Å². The minimum atomic E-state index is -4.06. The number of nitrogens with zero attached hydrogens (tertiary/aromatic N) is 2. The highest BCUT2D eigenvalue weighted by atomic mass is 19.4. The van der Waals surface area contributed by atoms with Crippen molar-refractivity contribution in [2.24, 2.45) is 0 Å². The Hall–Kier alpha value is -1.24. The van der Waals surface area contributed by atoms with Crippen LogP contribution < -0.4 is 5.32 Å². The van der Waals surface area contributed by atoms with Crippen LogP contribution in [-0.4, -0.2) is 36.0 Å². The van der Waals surface area contributed by atoms with E-state index in [9.17, 15) is 13.2 Å². The summed E-state index contributed by atoms with van der Waals surface area (Å²) in [5, 5.41) is 3.13. The van der Waals surface area contributed by atoms with E-state index in [2.05, 4.69) is 10.3 Å². The highest BCUT2D eigenvalue weighted by molar-refractivity contribution is 5.25. The Labute approximate surface area is 111 Å². The molecular formula is C12H20F3N3O. The standard InChI is InChI=1S/C12H20F3N3O/c1-19-10-4-6-16-11-17-7-9-18(11)8-3-2-5-12(13,14)15/h7,9H,2-6,8,10H2,1H3,(H,16,17). The summed E-state index contributed by atoms with van der Waals surface area (Å²) >= 11 is 0. The van der Waals surface area contributed by atoms with Gasteiger partial charge in [-0.15, -0.1) is 0 Å². The van der Waals surface area contributed by atoms with Crippen LogP contribution in [0.15, 0.2) is 12.4 Å². The molecule has 0 saturated heterocycles. The lowest BCUT2D eigenvalue weighted by atomic mass is 10.2. The summed E-state index contributed by atoms with van der Waals surface area (Å²) in [5.74, 6) is 0.697. The van der Waals surface area contributed by atoms with Gasteiger partial charge in [-0.2, -0.15) is 13.2 Å². The lowest BCUT2D eigenvalue weighted by Crippen LogP contribution is -2.11. The number of aryl methyl sites for hydroxylation is 1. The molecule has 0 bridgehead atoms. The zero-order valence-electron chi connectivity index (χ0n) is 11.0. The zero-order valence-corrected chi connectivity index (χ0v) is 11.0. The van der Waals surface area contributed by atoms with Gasteiger partial charge in [0.2, 0.25) is 5.95 Å². The fraction of sp³-hybridized carbons (Fsp3) is 0.750. The molecule has 0 unspecified atom stereocenters. The minimum Gasteiger partial charge on any atom is -0.385 e. The van der Waals surface area contributed by atoms with Crippen LogP contribution in [0.4, 0.5) is 19.1 Å². The number of hydrogen-bond acceptors (Lipinski definition) is 3. The van der Waals surface area contributed by atoms with Crippen molar-refractivity contribution >= 4 is 5.95 Å². The molecule has 1 aromatic rings. The van der Waals surface area contributed by atoms with Crippen LogP contribution in [0.25, 0.3) is 0 Å². The molecule has 0 radical (unpaired) electrons. The van der Waals surface area contributed by atoms with Gasteiger partial charge in [0.1, 0.15) is 0 Å². The Bertz CT molecular complexity index is 352. The highest BCUT2D eigenvalue weighted by Crippen LogP contribution is 2.22. The van der Waals surface area contributed by atoms with Crippen molar-refractivity contribution in [3.63, 3.8) is 0 Å². The van der Waals surface area contributed by atoms with E-state index in [1.165, 1.54) is 0 Å². The van der Waals surface area contributed by atoms with Crippen LogP contribution in [0.3, 0.4) is 0 Å². The molecule has 0 fully saturated rings. The van der Waals surface area contributed by atoms with E-state index in [0.717, 1.165) is 13.0 Å². The minimum absolute atomic E-state index is 0.144. The number of anilines is 1. The van der Waals surface area contributed by atoms with E-state index >= 15 is 0 Å². The number of methoxy groups -OCH3 is 1. The molecule has 0 saturated carbocycles. The Balaban J connectivity index is 2.24. The molecule has 0 aliphatic rings. The molecule has 0 aliphatic heterocycles. The monoisotopic (exact) mass is 279 g/mol. The first-order valence-corrected chi connectivity index (χ1v) is 6.33. The maximum absolute atomic E-state index is 12.0. The van der Waals surface area contributed by atoms with E-state index in [1.54, 1.807) is 19.5 Å². The van der Waals surface area contributed by atoms with Crippen molar-refractivity contribution in [2.45, 2.75) is 38.4 Å². The predicted octanol–water partition coefficient (Wildman–Crippen LogP) is 3.06. The molecule has 4 nitrogen and oxygen atoms in total. The first-order chi connectivity index (χ1) is 9.03. The quantitative estimate of drug-likeness (QED) is 0.706. The van der Waals surface area contributed by atoms with Crippen molar-refractivity contribution in [1.82, 2.24) is 9.55 Å². The van der Waals surface area contributed by atoms with Crippen molar-refractivity contribution in [3.05, 3.63) is 12.4 Å². The highest BCUT2D eigenvalue weighted by Gasteiger charge is 2.25. The number of ether oxygens (including phenoxy) is 1. The number of halogens is 3. The van der Waals surface area contributed by atoms with E-state index in [-0.39, 0.29) is 6.42 Å².